The summed E-state index contributed by atoms with van der Waals surface area (Å²) in [6.45, 7) is 8.50. The zero-order valence-electron chi connectivity index (χ0n) is 47.7. The number of hydrogen-bond acceptors (Lipinski definition) is 16. The van der Waals surface area contributed by atoms with E-state index in [9.17, 15) is 48.9 Å². The molecular weight excluding hydrogens is 1050 g/mol. The Labute approximate surface area is 473 Å². The number of carbonyl (C=O) groups excluding carboxylic acids is 8. The van der Waals surface area contributed by atoms with Gasteiger partial charge in [0.15, 0.2) is 6.61 Å². The summed E-state index contributed by atoms with van der Waals surface area (Å²) in [5.41, 5.74) is 1.43. The number of aromatic nitrogens is 1. The minimum atomic E-state index is -1.04. The summed E-state index contributed by atoms with van der Waals surface area (Å²) < 4.78 is 28.4. The molecule has 440 valence electrons. The highest BCUT2D eigenvalue weighted by Gasteiger charge is 2.31. The monoisotopic (exact) mass is 1130 g/mol. The number of amides is 7. The van der Waals surface area contributed by atoms with Gasteiger partial charge in [-0.1, -0.05) is 0 Å². The number of esters is 1. The number of nitrogens with one attached hydrogen (secondary N) is 6. The average molecular weight is 1130 g/mol. The highest BCUT2D eigenvalue weighted by molar-refractivity contribution is 6.07. The molecule has 0 spiro atoms. The lowest BCUT2D eigenvalue weighted by Crippen LogP contribution is -2.52. The molecule has 0 aliphatic carbocycles. The van der Waals surface area contributed by atoms with Gasteiger partial charge in [-0.15, -0.1) is 0 Å². The van der Waals surface area contributed by atoms with Gasteiger partial charge in [-0.05, 0) is 102 Å². The predicted octanol–water partition coefficient (Wildman–Crippen LogP) is 2.70. The zero-order chi connectivity index (χ0) is 59.4. The zero-order valence-corrected chi connectivity index (χ0v) is 47.7. The second-order valence-electron chi connectivity index (χ2n) is 21.1. The Kier molecular flexibility index (Phi) is 27.4. The first kappa shape index (κ1) is 65.7. The van der Waals surface area contributed by atoms with E-state index < -0.39 is 47.4 Å². The number of rotatable bonds is 34. The van der Waals surface area contributed by atoms with Gasteiger partial charge in [-0.25, -0.2) is 4.79 Å². The molecule has 2 aromatic carbocycles. The van der Waals surface area contributed by atoms with Crippen LogP contribution in [-0.4, -0.2) is 181 Å². The van der Waals surface area contributed by atoms with Gasteiger partial charge in [-0.2, -0.15) is 10.5 Å². The highest BCUT2D eigenvalue weighted by atomic mass is 16.6. The Bertz CT molecular complexity index is 2710. The molecule has 1 saturated heterocycles. The van der Waals surface area contributed by atoms with Gasteiger partial charge in [-0.3, -0.25) is 43.0 Å². The Hall–Kier alpha value is -7.77. The fraction of sp³-hybridized carbons (Fsp3) is 0.561. The van der Waals surface area contributed by atoms with E-state index in [1.165, 1.54) is 18.0 Å². The summed E-state index contributed by atoms with van der Waals surface area (Å²) in [6.07, 6.45) is 5.06. The molecule has 0 unspecified atom stereocenters. The molecule has 0 bridgehead atoms. The van der Waals surface area contributed by atoms with Gasteiger partial charge in [0.1, 0.15) is 46.8 Å². The number of ether oxygens (including phenoxy) is 5. The lowest BCUT2D eigenvalue weighted by atomic mass is 10.0. The minimum Gasteiger partial charge on any atom is -0.484 e. The van der Waals surface area contributed by atoms with Gasteiger partial charge in [0.05, 0.1) is 84.5 Å². The van der Waals surface area contributed by atoms with E-state index in [4.69, 9.17) is 23.7 Å². The van der Waals surface area contributed by atoms with Gasteiger partial charge < -0.3 is 60.5 Å². The molecule has 7 amide bonds. The molecule has 2 heterocycles. The number of nitriles is 2. The third-order valence-corrected chi connectivity index (χ3v) is 12.5. The number of pyridine rings is 1. The maximum absolute atomic E-state index is 13.8. The summed E-state index contributed by atoms with van der Waals surface area (Å²) in [4.78, 5) is 109. The number of likely N-dealkylation sites (tertiary alicyclic amines) is 1. The molecule has 4 rings (SSSR count). The summed E-state index contributed by atoms with van der Waals surface area (Å²) in [6, 6.07) is 13.1. The van der Waals surface area contributed by atoms with Crippen LogP contribution in [0.25, 0.3) is 10.9 Å². The van der Waals surface area contributed by atoms with Gasteiger partial charge in [0.25, 0.3) is 17.7 Å². The topological polar surface area (TPSA) is 319 Å². The molecule has 24 heteroatoms. The number of hydrogen-bond donors (Lipinski definition) is 6. The fourth-order valence-electron chi connectivity index (χ4n) is 8.43. The quantitative estimate of drug-likeness (QED) is 0.0285. The van der Waals surface area contributed by atoms with Crippen molar-refractivity contribution in [1.82, 2.24) is 46.3 Å². The first-order valence-corrected chi connectivity index (χ1v) is 27.3. The predicted molar refractivity (Wildman–Crippen MR) is 299 cm³/mol. The SMILES string of the molecule is CC(=O)NCCCC[C@H](NC(=O)[C@H](CCCCNC(=O)c1ccc([N+](C)(C)C)c(C#N)c1)NC(=O)CCOCCOCCOCCNC(=O)COc1ccc2c(C(=O)NCC(=O)N3CCC[C@H]3C#N)ccnc2c1)C(=O)OC(C)(C)C. The van der Waals surface area contributed by atoms with Crippen molar-refractivity contribution in [3.05, 3.63) is 65.4 Å². The Morgan fingerprint density at radius 3 is 2.10 bits per heavy atom. The van der Waals surface area contributed by atoms with Crippen molar-refractivity contribution in [3.8, 4) is 17.9 Å². The van der Waals surface area contributed by atoms with Crippen molar-refractivity contribution < 1.29 is 62.0 Å². The van der Waals surface area contributed by atoms with Crippen LogP contribution in [0.2, 0.25) is 0 Å². The van der Waals surface area contributed by atoms with Crippen molar-refractivity contribution in [1.29, 1.82) is 10.5 Å². The summed E-state index contributed by atoms with van der Waals surface area (Å²) >= 11 is 0. The van der Waals surface area contributed by atoms with E-state index in [0.29, 0.717) is 83.0 Å². The van der Waals surface area contributed by atoms with Crippen molar-refractivity contribution in [2.75, 3.05) is 100 Å². The van der Waals surface area contributed by atoms with Crippen LogP contribution in [-0.2, 0) is 47.7 Å². The van der Waals surface area contributed by atoms with E-state index in [1.54, 1.807) is 63.2 Å². The second kappa shape index (κ2) is 33.7. The lowest BCUT2D eigenvalue weighted by molar-refractivity contribution is -0.159. The standard InChI is InChI=1S/C57H79N11O13/c1-39(69)60-22-10-9-15-47(56(76)81-57(2,3)4)66-55(75)46(14-8-11-23-63-53(73)40-16-19-49(68(5,6)7)41(33-40)35-58)65-50(70)21-27-77-29-31-79-32-30-78-28-25-62-51(71)38-80-43-17-18-44-45(20-24-61-48(44)34-43)54(74)64-37-52(72)67-26-12-13-42(67)36-59/h16-20,24,33-34,42,46-47H,8-15,21-23,25-32,37-38H2,1-7H3,(H5-,60,62,63,64,65,66,69,70,71,73,74,75)/p+1/t42-,46-,47-/m0/s1. The van der Waals surface area contributed by atoms with Gasteiger partial charge in [0.2, 0.25) is 23.6 Å². The van der Waals surface area contributed by atoms with Crippen LogP contribution in [0.4, 0.5) is 5.69 Å². The minimum absolute atomic E-state index is 0.0285. The third-order valence-electron chi connectivity index (χ3n) is 12.5. The number of nitrogens with zero attached hydrogens (tertiary/aromatic N) is 5. The van der Waals surface area contributed by atoms with Crippen molar-refractivity contribution >= 4 is 63.9 Å². The molecule has 3 aromatic rings. The molecule has 0 saturated carbocycles. The third kappa shape index (κ3) is 23.8. The van der Waals surface area contributed by atoms with Crippen LogP contribution in [0.15, 0.2) is 48.7 Å². The molecule has 81 heavy (non-hydrogen) atoms. The Morgan fingerprint density at radius 2 is 1.43 bits per heavy atom. The maximum atomic E-state index is 13.8. The Balaban J connectivity index is 1.14. The van der Waals surface area contributed by atoms with E-state index in [1.807, 2.05) is 21.1 Å². The van der Waals surface area contributed by atoms with Crippen LogP contribution in [0.1, 0.15) is 112 Å². The smallest absolute Gasteiger partial charge is 0.329 e. The van der Waals surface area contributed by atoms with E-state index in [2.05, 4.69) is 49.0 Å². The second-order valence-corrected chi connectivity index (χ2v) is 21.1. The molecular formula is C57H80N11O13+. The molecule has 1 aromatic heterocycles. The highest BCUT2D eigenvalue weighted by Crippen LogP contribution is 2.25. The molecule has 24 nitrogen and oxygen atoms in total. The number of fused-ring (bicyclic) bond motifs is 1. The van der Waals surface area contributed by atoms with Crippen LogP contribution in [0.3, 0.4) is 0 Å². The first-order chi connectivity index (χ1) is 38.6. The number of carbonyl (C=O) groups is 8. The lowest BCUT2D eigenvalue weighted by Gasteiger charge is -2.26. The molecule has 6 N–H and O–H groups in total. The van der Waals surface area contributed by atoms with Crippen molar-refractivity contribution in [2.24, 2.45) is 0 Å². The number of unbranched alkanes of at least 4 members (excludes halogenated alkanes) is 2. The number of quaternary nitrogens is 1. The number of benzene rings is 2. The van der Waals surface area contributed by atoms with Gasteiger partial charge >= 0.3 is 5.97 Å². The van der Waals surface area contributed by atoms with Crippen molar-refractivity contribution in [2.45, 2.75) is 109 Å². The summed E-state index contributed by atoms with van der Waals surface area (Å²) in [7, 11) is 5.78. The summed E-state index contributed by atoms with van der Waals surface area (Å²) in [5.74, 6) is -3.02. The molecule has 3 atom stereocenters. The fourth-order valence-corrected chi connectivity index (χ4v) is 8.43. The van der Waals surface area contributed by atoms with E-state index >= 15 is 0 Å². The molecule has 0 radical (unpaired) electrons. The van der Waals surface area contributed by atoms with Crippen LogP contribution >= 0.6 is 0 Å². The van der Waals surface area contributed by atoms with Gasteiger partial charge in [0, 0.05) is 68.8 Å². The molecule has 1 fully saturated rings. The van der Waals surface area contributed by atoms with E-state index in [0.717, 1.165) is 12.1 Å². The van der Waals surface area contributed by atoms with Crippen LogP contribution in [0.5, 0.6) is 5.75 Å². The van der Waals surface area contributed by atoms with E-state index in [-0.39, 0.29) is 109 Å². The van der Waals surface area contributed by atoms with Crippen LogP contribution < -0.4 is 41.1 Å². The maximum Gasteiger partial charge on any atom is 0.329 e. The normalized spacial score (nSPS) is 13.9. The molecule has 1 aliphatic rings. The summed E-state index contributed by atoms with van der Waals surface area (Å²) in [5, 5.41) is 36.0. The largest absolute Gasteiger partial charge is 0.484 e. The first-order valence-electron chi connectivity index (χ1n) is 27.3. The Morgan fingerprint density at radius 1 is 0.753 bits per heavy atom. The average Bonchev–Trinajstić information content (AvgIpc) is 3.92. The molecule has 1 aliphatic heterocycles. The van der Waals surface area contributed by atoms with Crippen molar-refractivity contribution in [3.63, 3.8) is 0 Å². The van der Waals surface area contributed by atoms with Crippen LogP contribution in [0, 0.1) is 22.7 Å².